The van der Waals surface area contributed by atoms with Crippen molar-refractivity contribution in [3.8, 4) is 44.5 Å². The summed E-state index contributed by atoms with van der Waals surface area (Å²) < 4.78 is 5.27. The molecule has 1 N–H and O–H groups in total. The Morgan fingerprint density at radius 1 is 0.239 bits per heavy atom. The van der Waals surface area contributed by atoms with E-state index in [1.807, 2.05) is 34.8 Å². The van der Waals surface area contributed by atoms with Crippen LogP contribution in [0.25, 0.3) is 84.9 Å². The minimum Gasteiger partial charge on any atom is -0.355 e. The van der Waals surface area contributed by atoms with E-state index < -0.39 is 5.41 Å². The van der Waals surface area contributed by atoms with Gasteiger partial charge in [-0.05, 0) is 196 Å². The lowest BCUT2D eigenvalue weighted by Gasteiger charge is -2.46. The molecule has 0 radical (unpaired) electrons. The number of fused-ring (bicyclic) bond motifs is 24. The first kappa shape index (κ1) is 66.3. The molecule has 2 heterocycles. The number of thiophene rings is 2. The van der Waals surface area contributed by atoms with Crippen molar-refractivity contribution in [2.75, 3.05) is 10.2 Å². The van der Waals surface area contributed by atoms with Crippen LogP contribution in [0.2, 0.25) is 5.02 Å². The van der Waals surface area contributed by atoms with Crippen LogP contribution in [0.5, 0.6) is 0 Å². The Morgan fingerprint density at radius 3 is 1.06 bits per heavy atom. The van der Waals surface area contributed by atoms with E-state index in [0.717, 1.165) is 33.5 Å². The van der Waals surface area contributed by atoms with Gasteiger partial charge in [0.15, 0.2) is 0 Å². The molecule has 4 aliphatic rings. The first-order valence-electron chi connectivity index (χ1n) is 37.7. The van der Waals surface area contributed by atoms with Crippen LogP contribution in [0.3, 0.4) is 0 Å². The molecule has 520 valence electrons. The summed E-state index contributed by atoms with van der Waals surface area (Å²) in [5.41, 5.74) is 31.2. The van der Waals surface area contributed by atoms with Crippen LogP contribution in [0.15, 0.2) is 376 Å². The fraction of sp³-hybridized carbons (Fsp3) is 0.0769. The molecule has 5 heteroatoms. The van der Waals surface area contributed by atoms with Gasteiger partial charge in [-0.3, -0.25) is 0 Å². The lowest BCUT2D eigenvalue weighted by atomic mass is 9.55. The summed E-state index contributed by atoms with van der Waals surface area (Å²) in [5, 5.41) is 9.60. The van der Waals surface area contributed by atoms with E-state index in [1.54, 1.807) is 0 Å². The maximum atomic E-state index is 6.58. The zero-order valence-electron chi connectivity index (χ0n) is 60.9. The molecule has 0 amide bonds. The molecular formula is C104H75ClN2S2. The molecule has 0 saturated carbocycles. The Balaban J connectivity index is 0.000000119. The molecule has 22 rings (SSSR count). The Morgan fingerprint density at radius 2 is 0.569 bits per heavy atom. The molecule has 0 aliphatic heterocycles. The molecule has 0 unspecified atom stereocenters. The number of hydrogen-bond acceptors (Lipinski definition) is 4. The third kappa shape index (κ3) is 10.5. The monoisotopic (exact) mass is 1450 g/mol. The van der Waals surface area contributed by atoms with Crippen LogP contribution >= 0.6 is 34.3 Å². The topological polar surface area (TPSA) is 15.3 Å². The van der Waals surface area contributed by atoms with E-state index in [9.17, 15) is 0 Å². The second-order valence-electron chi connectivity index (χ2n) is 30.3. The summed E-state index contributed by atoms with van der Waals surface area (Å²) in [4.78, 5) is 2.46. The lowest BCUT2D eigenvalue weighted by Crippen LogP contribution is -2.40. The number of nitrogens with one attached hydrogen (secondary N) is 1. The van der Waals surface area contributed by atoms with Gasteiger partial charge in [-0.1, -0.05) is 330 Å². The summed E-state index contributed by atoms with van der Waals surface area (Å²) in [6.07, 6.45) is 0. The third-order valence-corrected chi connectivity index (χ3v) is 26.3. The maximum Gasteiger partial charge on any atom is 0.0720 e. The van der Waals surface area contributed by atoms with Crippen LogP contribution in [0.4, 0.5) is 28.4 Å². The highest BCUT2D eigenvalue weighted by molar-refractivity contribution is 7.26. The fourth-order valence-electron chi connectivity index (χ4n) is 18.9. The van der Waals surface area contributed by atoms with Gasteiger partial charge in [0.05, 0.1) is 10.8 Å². The maximum absolute atomic E-state index is 6.58. The van der Waals surface area contributed by atoms with Gasteiger partial charge in [0.2, 0.25) is 0 Å². The smallest absolute Gasteiger partial charge is 0.0720 e. The number of halogens is 1. The average molecular weight is 1450 g/mol. The Labute approximate surface area is 650 Å². The summed E-state index contributed by atoms with van der Waals surface area (Å²) >= 11 is 10.3. The number of benzene rings is 16. The van der Waals surface area contributed by atoms with Gasteiger partial charge in [-0.15, -0.1) is 22.7 Å². The van der Waals surface area contributed by atoms with Gasteiger partial charge >= 0.3 is 0 Å². The molecule has 2 nitrogen and oxygen atoms in total. The van der Waals surface area contributed by atoms with E-state index in [2.05, 4.69) is 402 Å². The van der Waals surface area contributed by atoms with E-state index in [0.29, 0.717) is 0 Å². The second kappa shape index (κ2) is 26.1. The van der Waals surface area contributed by atoms with E-state index in [1.165, 1.54) is 152 Å². The molecular weight excluding hydrogens is 1380 g/mol. The van der Waals surface area contributed by atoms with Crippen molar-refractivity contribution in [2.45, 2.75) is 49.4 Å². The van der Waals surface area contributed by atoms with Gasteiger partial charge in [-0.2, -0.15) is 0 Å². The Bertz CT molecular complexity index is 6500. The largest absolute Gasteiger partial charge is 0.355 e. The summed E-state index contributed by atoms with van der Waals surface area (Å²) in [6, 6.07) is 138. The van der Waals surface area contributed by atoms with Crippen LogP contribution in [-0.2, 0) is 21.7 Å². The molecule has 0 bridgehead atoms. The van der Waals surface area contributed by atoms with Gasteiger partial charge in [-0.25, -0.2) is 0 Å². The summed E-state index contributed by atoms with van der Waals surface area (Å²) in [6.45, 7) is 9.47. The normalized spacial score (nSPS) is 14.2. The van der Waals surface area contributed by atoms with Crippen LogP contribution in [0.1, 0.15) is 94.5 Å². The minimum atomic E-state index is -0.455. The SMILES string of the molecule is CC1(C)c2ccccc2C2(c3ccccc3-c3ccc(Cl)cc32)c2ccccc21.CC1(C)c2ccccc2C2(c3ccccc3-c3ccc(N(c4ccc(-c5ccccc5)cc4)c4ccc5c(c4)sc4ccccc45)cc32)c2ccccc21.c1ccc(-c2ccc(Nc3ccc4c(c3)sc3ccccc34)cc2)cc1. The van der Waals surface area contributed by atoms with Crippen molar-refractivity contribution in [1.29, 1.82) is 0 Å². The number of nitrogens with zero attached hydrogens (tertiary/aromatic N) is 1. The summed E-state index contributed by atoms with van der Waals surface area (Å²) in [5.74, 6) is 0. The lowest BCUT2D eigenvalue weighted by molar-refractivity contribution is 0.563. The van der Waals surface area contributed by atoms with E-state index in [-0.39, 0.29) is 16.2 Å². The Hall–Kier alpha value is -12.2. The third-order valence-electron chi connectivity index (χ3n) is 23.8. The molecule has 0 atom stereocenters. The first-order valence-corrected chi connectivity index (χ1v) is 39.7. The van der Waals surface area contributed by atoms with Crippen molar-refractivity contribution in [3.05, 3.63) is 448 Å². The van der Waals surface area contributed by atoms with E-state index in [4.69, 9.17) is 11.6 Å². The predicted octanol–water partition coefficient (Wildman–Crippen LogP) is 29.0. The molecule has 18 aromatic rings. The Kier molecular flexibility index (Phi) is 15.9. The van der Waals surface area contributed by atoms with Crippen molar-refractivity contribution in [3.63, 3.8) is 0 Å². The highest BCUT2D eigenvalue weighted by Gasteiger charge is 2.55. The predicted molar refractivity (Wildman–Crippen MR) is 464 cm³/mol. The quantitative estimate of drug-likeness (QED) is 0.171. The number of rotatable bonds is 7. The van der Waals surface area contributed by atoms with E-state index >= 15 is 0 Å². The zero-order valence-corrected chi connectivity index (χ0v) is 63.3. The van der Waals surface area contributed by atoms with Gasteiger partial charge in [0.1, 0.15) is 0 Å². The molecule has 0 fully saturated rings. The molecule has 2 spiro atoms. The van der Waals surface area contributed by atoms with Gasteiger partial charge in [0, 0.05) is 84.6 Å². The average Bonchev–Trinajstić information content (AvgIpc) is 1.57. The second-order valence-corrected chi connectivity index (χ2v) is 33.0. The molecule has 2 aromatic heterocycles. The van der Waals surface area contributed by atoms with Crippen molar-refractivity contribution in [1.82, 2.24) is 0 Å². The fourth-order valence-corrected chi connectivity index (χ4v) is 21.4. The van der Waals surface area contributed by atoms with Gasteiger partial charge < -0.3 is 10.2 Å². The van der Waals surface area contributed by atoms with Crippen LogP contribution in [-0.4, -0.2) is 0 Å². The van der Waals surface area contributed by atoms with Crippen LogP contribution in [0, 0.1) is 0 Å². The standard InChI is InChI=1S/C52H37NS.C28H21Cl.C24H17NS/c1-51(2)44-19-9-11-21-46(44)52(47-22-12-10-20-45(47)51)43-18-8-6-16-39(43)40-30-28-37(32-48(40)52)53(36-26-24-35(25-27-36)34-14-4-3-5-15-34)38-29-31-42-41-17-7-13-23-49(41)54-50(42)33-38;1-27(2)22-11-5-7-13-24(22)28(25-14-8-6-12-23(25)27)21-10-4-3-9-19(21)20-16-15-18(29)17-26(20)28;1-2-6-17(7-3-1)18-10-12-19(13-11-18)25-20-14-15-22-21-8-4-5-9-23(21)26-24(22)16-20/h3-33H,1-2H3;3-17H,1-2H3;1-16,25H. The number of hydrogen-bond donors (Lipinski definition) is 1. The first-order chi connectivity index (χ1) is 53.5. The molecule has 0 saturated heterocycles. The summed E-state index contributed by atoms with van der Waals surface area (Å²) in [7, 11) is 0. The highest BCUT2D eigenvalue weighted by atomic mass is 35.5. The highest BCUT2D eigenvalue weighted by Crippen LogP contribution is 2.65. The molecule has 16 aromatic carbocycles. The van der Waals surface area contributed by atoms with Crippen molar-refractivity contribution < 1.29 is 0 Å². The number of anilines is 5. The minimum absolute atomic E-state index is 0.0608. The van der Waals surface area contributed by atoms with Crippen LogP contribution < -0.4 is 10.2 Å². The molecule has 4 aliphatic carbocycles. The molecule has 109 heavy (non-hydrogen) atoms. The van der Waals surface area contributed by atoms with Crippen molar-refractivity contribution in [2.24, 2.45) is 0 Å². The van der Waals surface area contributed by atoms with Gasteiger partial charge in [0.25, 0.3) is 0 Å². The zero-order chi connectivity index (χ0) is 73.2. The van der Waals surface area contributed by atoms with Crippen molar-refractivity contribution >= 4 is 103 Å².